The predicted molar refractivity (Wildman–Crippen MR) is 96.0 cm³/mol. The molecule has 130 valence electrons. The fourth-order valence-corrected chi connectivity index (χ4v) is 2.13. The van der Waals surface area contributed by atoms with Gasteiger partial charge in [0.25, 0.3) is 0 Å². The topological polar surface area (TPSA) is 71.7 Å². The standard InChI is InChI=1S/C18H26N4O2/c1-4-19-18(20-10-5-11-23-3)21-12-16-13-24-17(22-16)15-8-6-14(2)7-9-15/h6-9,13H,4-5,10-12H2,1-3H3,(H2,19,20,21). The zero-order valence-electron chi connectivity index (χ0n) is 14.6. The molecule has 0 fully saturated rings. The number of methoxy groups -OCH3 is 1. The lowest BCUT2D eigenvalue weighted by Crippen LogP contribution is -2.38. The zero-order valence-corrected chi connectivity index (χ0v) is 14.6. The maximum Gasteiger partial charge on any atom is 0.226 e. The van der Waals surface area contributed by atoms with Gasteiger partial charge in [0.2, 0.25) is 5.89 Å². The van der Waals surface area contributed by atoms with E-state index in [-0.39, 0.29) is 0 Å². The van der Waals surface area contributed by atoms with Crippen molar-refractivity contribution in [3.63, 3.8) is 0 Å². The number of hydrogen-bond donors (Lipinski definition) is 2. The minimum atomic E-state index is 0.467. The van der Waals surface area contributed by atoms with E-state index in [0.29, 0.717) is 12.4 Å². The summed E-state index contributed by atoms with van der Waals surface area (Å²) >= 11 is 0. The molecular weight excluding hydrogens is 304 g/mol. The number of ether oxygens (including phenoxy) is 1. The van der Waals surface area contributed by atoms with E-state index >= 15 is 0 Å². The van der Waals surface area contributed by atoms with Crippen molar-refractivity contribution in [1.82, 2.24) is 15.6 Å². The van der Waals surface area contributed by atoms with Gasteiger partial charge >= 0.3 is 0 Å². The van der Waals surface area contributed by atoms with Gasteiger partial charge < -0.3 is 19.8 Å². The Balaban J connectivity index is 1.94. The molecule has 2 aromatic rings. The average molecular weight is 330 g/mol. The number of oxazole rings is 1. The van der Waals surface area contributed by atoms with Gasteiger partial charge in [0.15, 0.2) is 5.96 Å². The first kappa shape index (κ1) is 18.0. The van der Waals surface area contributed by atoms with Crippen molar-refractivity contribution in [2.24, 2.45) is 4.99 Å². The minimum Gasteiger partial charge on any atom is -0.444 e. The molecule has 0 saturated heterocycles. The van der Waals surface area contributed by atoms with Crippen LogP contribution in [0.25, 0.3) is 11.5 Å². The third kappa shape index (κ3) is 5.70. The van der Waals surface area contributed by atoms with Gasteiger partial charge in [-0.2, -0.15) is 0 Å². The Labute approximate surface area is 143 Å². The molecule has 2 N–H and O–H groups in total. The number of aryl methyl sites for hydroxylation is 1. The largest absolute Gasteiger partial charge is 0.444 e. The molecule has 1 heterocycles. The highest BCUT2D eigenvalue weighted by atomic mass is 16.5. The summed E-state index contributed by atoms with van der Waals surface area (Å²) in [6.45, 7) is 6.92. The lowest BCUT2D eigenvalue weighted by atomic mass is 10.1. The van der Waals surface area contributed by atoms with Crippen LogP contribution in [0.5, 0.6) is 0 Å². The molecule has 6 heteroatoms. The molecule has 0 bridgehead atoms. The normalized spacial score (nSPS) is 11.5. The molecule has 0 radical (unpaired) electrons. The maximum absolute atomic E-state index is 5.56. The van der Waals surface area contributed by atoms with Crippen LogP contribution < -0.4 is 10.6 Å². The Morgan fingerprint density at radius 2 is 2.04 bits per heavy atom. The summed E-state index contributed by atoms with van der Waals surface area (Å²) in [5.74, 6) is 1.40. The lowest BCUT2D eigenvalue weighted by Gasteiger charge is -2.10. The fraction of sp³-hybridized carbons (Fsp3) is 0.444. The highest BCUT2D eigenvalue weighted by Gasteiger charge is 2.06. The number of nitrogens with one attached hydrogen (secondary N) is 2. The van der Waals surface area contributed by atoms with E-state index in [1.807, 2.05) is 31.2 Å². The number of rotatable bonds is 8. The summed E-state index contributed by atoms with van der Waals surface area (Å²) in [4.78, 5) is 9.04. The second-order valence-corrected chi connectivity index (χ2v) is 5.48. The van der Waals surface area contributed by atoms with Gasteiger partial charge in [0, 0.05) is 32.4 Å². The molecule has 0 amide bonds. The van der Waals surface area contributed by atoms with Crippen molar-refractivity contribution in [3.8, 4) is 11.5 Å². The van der Waals surface area contributed by atoms with Crippen LogP contribution in [0, 0.1) is 6.92 Å². The van der Waals surface area contributed by atoms with Crippen molar-refractivity contribution in [2.75, 3.05) is 26.8 Å². The summed E-state index contributed by atoms with van der Waals surface area (Å²) in [6.07, 6.45) is 2.59. The molecule has 2 rings (SSSR count). The molecule has 0 unspecified atom stereocenters. The van der Waals surface area contributed by atoms with Crippen molar-refractivity contribution >= 4 is 5.96 Å². The van der Waals surface area contributed by atoms with Gasteiger partial charge in [-0.25, -0.2) is 9.98 Å². The van der Waals surface area contributed by atoms with Gasteiger partial charge in [-0.15, -0.1) is 0 Å². The molecule has 0 aliphatic heterocycles. The molecule has 1 aromatic heterocycles. The molecule has 24 heavy (non-hydrogen) atoms. The molecule has 6 nitrogen and oxygen atoms in total. The molecular formula is C18H26N4O2. The Kier molecular flexibility index (Phi) is 7.29. The smallest absolute Gasteiger partial charge is 0.226 e. The molecule has 0 saturated carbocycles. The van der Waals surface area contributed by atoms with Crippen LogP contribution in [-0.4, -0.2) is 37.7 Å². The van der Waals surface area contributed by atoms with E-state index in [0.717, 1.165) is 43.3 Å². The van der Waals surface area contributed by atoms with Gasteiger partial charge in [0.05, 0.1) is 6.54 Å². The highest BCUT2D eigenvalue weighted by molar-refractivity contribution is 5.79. The Morgan fingerprint density at radius 3 is 2.75 bits per heavy atom. The van der Waals surface area contributed by atoms with Crippen molar-refractivity contribution < 1.29 is 9.15 Å². The van der Waals surface area contributed by atoms with E-state index in [2.05, 4.69) is 27.5 Å². The van der Waals surface area contributed by atoms with Crippen molar-refractivity contribution in [1.29, 1.82) is 0 Å². The lowest BCUT2D eigenvalue weighted by molar-refractivity contribution is 0.195. The van der Waals surface area contributed by atoms with Crippen LogP contribution >= 0.6 is 0 Å². The molecule has 1 aromatic carbocycles. The third-order valence-electron chi connectivity index (χ3n) is 3.41. The van der Waals surface area contributed by atoms with E-state index in [4.69, 9.17) is 9.15 Å². The SMILES string of the molecule is CCNC(=NCc1coc(-c2ccc(C)cc2)n1)NCCCOC. The number of aromatic nitrogens is 1. The Hall–Kier alpha value is -2.34. The van der Waals surface area contributed by atoms with Crippen molar-refractivity contribution in [2.45, 2.75) is 26.8 Å². The van der Waals surface area contributed by atoms with Gasteiger partial charge in [-0.1, -0.05) is 17.7 Å². The summed E-state index contributed by atoms with van der Waals surface area (Å²) in [7, 11) is 1.70. The summed E-state index contributed by atoms with van der Waals surface area (Å²) in [6, 6.07) is 8.11. The molecule has 0 aliphatic carbocycles. The van der Waals surface area contributed by atoms with E-state index in [9.17, 15) is 0 Å². The second-order valence-electron chi connectivity index (χ2n) is 5.48. The fourth-order valence-electron chi connectivity index (χ4n) is 2.13. The van der Waals surface area contributed by atoms with Crippen molar-refractivity contribution in [3.05, 3.63) is 41.8 Å². The minimum absolute atomic E-state index is 0.467. The predicted octanol–water partition coefficient (Wildman–Crippen LogP) is 2.74. The molecule has 0 atom stereocenters. The number of aliphatic imine (C=N–C) groups is 1. The van der Waals surface area contributed by atoms with E-state index in [1.165, 1.54) is 5.56 Å². The summed E-state index contributed by atoms with van der Waals surface area (Å²) in [5, 5.41) is 6.49. The van der Waals surface area contributed by atoms with Crippen LogP contribution in [0.1, 0.15) is 24.6 Å². The van der Waals surface area contributed by atoms with Crippen LogP contribution in [0.2, 0.25) is 0 Å². The number of nitrogens with zero attached hydrogens (tertiary/aromatic N) is 2. The van der Waals surface area contributed by atoms with Crippen LogP contribution in [0.15, 0.2) is 39.9 Å². The second kappa shape index (κ2) is 9.72. The monoisotopic (exact) mass is 330 g/mol. The third-order valence-corrected chi connectivity index (χ3v) is 3.41. The highest BCUT2D eigenvalue weighted by Crippen LogP contribution is 2.19. The number of benzene rings is 1. The van der Waals surface area contributed by atoms with Gasteiger partial charge in [0.1, 0.15) is 12.0 Å². The van der Waals surface area contributed by atoms with Gasteiger partial charge in [-0.3, -0.25) is 0 Å². The van der Waals surface area contributed by atoms with Gasteiger partial charge in [-0.05, 0) is 32.4 Å². The Bertz CT molecular complexity index is 635. The first-order valence-corrected chi connectivity index (χ1v) is 8.25. The maximum atomic E-state index is 5.56. The zero-order chi connectivity index (χ0) is 17.2. The van der Waals surface area contributed by atoms with Crippen LogP contribution in [0.3, 0.4) is 0 Å². The summed E-state index contributed by atoms with van der Waals surface area (Å²) in [5.41, 5.74) is 2.99. The first-order valence-electron chi connectivity index (χ1n) is 8.25. The quantitative estimate of drug-likeness (QED) is 0.442. The first-order chi connectivity index (χ1) is 11.7. The van der Waals surface area contributed by atoms with E-state index in [1.54, 1.807) is 13.4 Å². The van der Waals surface area contributed by atoms with E-state index < -0.39 is 0 Å². The van der Waals surface area contributed by atoms with Crippen LogP contribution in [-0.2, 0) is 11.3 Å². The van der Waals surface area contributed by atoms with Crippen LogP contribution in [0.4, 0.5) is 0 Å². The average Bonchev–Trinajstić information content (AvgIpc) is 3.06. The Morgan fingerprint density at radius 1 is 1.25 bits per heavy atom. The molecule has 0 spiro atoms. The number of guanidine groups is 1. The number of hydrogen-bond acceptors (Lipinski definition) is 4. The summed E-state index contributed by atoms with van der Waals surface area (Å²) < 4.78 is 10.6. The molecule has 0 aliphatic rings.